The topological polar surface area (TPSA) is 45.2 Å². The summed E-state index contributed by atoms with van der Waals surface area (Å²) in [4.78, 5) is 19.9. The summed E-state index contributed by atoms with van der Waals surface area (Å²) in [5.41, 5.74) is 4.76. The molecule has 0 unspecified atom stereocenters. The molecule has 1 heterocycles. The highest BCUT2D eigenvalue weighted by atomic mass is 32.1. The van der Waals surface area contributed by atoms with E-state index in [0.717, 1.165) is 41.5 Å². The zero-order valence-electron chi connectivity index (χ0n) is 16.0. The van der Waals surface area contributed by atoms with Crippen LogP contribution in [0.3, 0.4) is 0 Å². The quantitative estimate of drug-likeness (QED) is 0.784. The average Bonchev–Trinajstić information content (AvgIpc) is 2.92. The van der Waals surface area contributed by atoms with E-state index in [1.54, 1.807) is 0 Å². The third-order valence-corrected chi connectivity index (χ3v) is 5.49. The van der Waals surface area contributed by atoms with Crippen LogP contribution in [0.25, 0.3) is 0 Å². The van der Waals surface area contributed by atoms with E-state index in [-0.39, 0.29) is 5.91 Å². The zero-order chi connectivity index (χ0) is 18.4. The second kappa shape index (κ2) is 9.11. The molecule has 2 rings (SSSR count). The third kappa shape index (κ3) is 5.94. The summed E-state index contributed by atoms with van der Waals surface area (Å²) in [6.07, 6.45) is 1.83. The van der Waals surface area contributed by atoms with Crippen LogP contribution in [0, 0.1) is 20.8 Å². The first-order valence-corrected chi connectivity index (χ1v) is 9.71. The molecule has 1 aromatic heterocycles. The van der Waals surface area contributed by atoms with Crippen molar-refractivity contribution >= 4 is 17.2 Å². The first kappa shape index (κ1) is 19.6. The SMILES string of the molecule is CCN(C)CCNC(=O)c1sc(CCc2cc(C)cc(C)c2)nc1C. The molecule has 0 atom stereocenters. The van der Waals surface area contributed by atoms with E-state index >= 15 is 0 Å². The lowest BCUT2D eigenvalue weighted by molar-refractivity contribution is 0.0953. The Hall–Kier alpha value is -1.72. The highest BCUT2D eigenvalue weighted by molar-refractivity contribution is 7.13. The molecular formula is C20H29N3OS. The number of aromatic nitrogens is 1. The predicted octanol–water partition coefficient (Wildman–Crippen LogP) is 3.54. The van der Waals surface area contributed by atoms with Crippen LogP contribution in [-0.2, 0) is 12.8 Å². The Morgan fingerprint density at radius 3 is 2.48 bits per heavy atom. The molecule has 136 valence electrons. The number of carbonyl (C=O) groups excluding carboxylic acids is 1. The fourth-order valence-electron chi connectivity index (χ4n) is 2.83. The van der Waals surface area contributed by atoms with Crippen LogP contribution < -0.4 is 5.32 Å². The average molecular weight is 360 g/mol. The number of hydrogen-bond donors (Lipinski definition) is 1. The molecule has 25 heavy (non-hydrogen) atoms. The van der Waals surface area contributed by atoms with Gasteiger partial charge in [0.1, 0.15) is 4.88 Å². The van der Waals surface area contributed by atoms with E-state index in [1.807, 2.05) is 6.92 Å². The van der Waals surface area contributed by atoms with Crippen molar-refractivity contribution in [1.29, 1.82) is 0 Å². The van der Waals surface area contributed by atoms with E-state index in [1.165, 1.54) is 28.0 Å². The minimum Gasteiger partial charge on any atom is -0.350 e. The van der Waals surface area contributed by atoms with Crippen molar-refractivity contribution < 1.29 is 4.79 Å². The van der Waals surface area contributed by atoms with Gasteiger partial charge < -0.3 is 10.2 Å². The number of aryl methyl sites for hydroxylation is 5. The number of likely N-dealkylation sites (N-methyl/N-ethyl adjacent to an activating group) is 1. The van der Waals surface area contributed by atoms with Crippen molar-refractivity contribution in [2.75, 3.05) is 26.7 Å². The maximum atomic E-state index is 12.4. The molecule has 0 saturated carbocycles. The first-order chi connectivity index (χ1) is 11.9. The second-order valence-corrected chi connectivity index (χ2v) is 7.75. The van der Waals surface area contributed by atoms with Gasteiger partial charge in [-0.25, -0.2) is 4.98 Å². The van der Waals surface area contributed by atoms with E-state index in [2.05, 4.69) is 61.2 Å². The van der Waals surface area contributed by atoms with Gasteiger partial charge in [0.15, 0.2) is 0 Å². The molecule has 5 heteroatoms. The van der Waals surface area contributed by atoms with Gasteiger partial charge in [-0.3, -0.25) is 4.79 Å². The molecule has 2 aromatic rings. The van der Waals surface area contributed by atoms with E-state index in [4.69, 9.17) is 0 Å². The molecule has 0 saturated heterocycles. The highest BCUT2D eigenvalue weighted by Crippen LogP contribution is 2.20. The number of nitrogens with zero attached hydrogens (tertiary/aromatic N) is 2. The van der Waals surface area contributed by atoms with Gasteiger partial charge in [0, 0.05) is 19.5 Å². The Bertz CT molecular complexity index is 703. The van der Waals surface area contributed by atoms with Gasteiger partial charge in [-0.1, -0.05) is 36.2 Å². The standard InChI is InChI=1S/C20H29N3OS/c1-6-23(5)10-9-21-20(24)19-16(4)22-18(25-19)8-7-17-12-14(2)11-15(3)13-17/h11-13H,6-10H2,1-5H3,(H,21,24). The highest BCUT2D eigenvalue weighted by Gasteiger charge is 2.15. The minimum absolute atomic E-state index is 0.00264. The molecule has 0 bridgehead atoms. The number of benzene rings is 1. The number of thiazole rings is 1. The van der Waals surface area contributed by atoms with Gasteiger partial charge in [-0.05, 0) is 46.3 Å². The van der Waals surface area contributed by atoms with E-state index < -0.39 is 0 Å². The van der Waals surface area contributed by atoms with Crippen molar-refractivity contribution in [2.45, 2.75) is 40.5 Å². The Balaban J connectivity index is 1.93. The Morgan fingerprint density at radius 1 is 1.16 bits per heavy atom. The minimum atomic E-state index is -0.00264. The summed E-state index contributed by atoms with van der Waals surface area (Å²) in [5, 5.41) is 4.03. The fraction of sp³-hybridized carbons (Fsp3) is 0.500. The molecule has 1 aromatic carbocycles. The molecule has 0 aliphatic rings. The van der Waals surface area contributed by atoms with Crippen molar-refractivity contribution in [3.63, 3.8) is 0 Å². The Morgan fingerprint density at radius 2 is 1.84 bits per heavy atom. The molecule has 0 aliphatic carbocycles. The van der Waals surface area contributed by atoms with Gasteiger partial charge >= 0.3 is 0 Å². The number of rotatable bonds is 8. The lowest BCUT2D eigenvalue weighted by atomic mass is 10.0. The van der Waals surface area contributed by atoms with Crippen LogP contribution in [0.2, 0.25) is 0 Å². The van der Waals surface area contributed by atoms with Gasteiger partial charge in [-0.15, -0.1) is 11.3 Å². The summed E-state index contributed by atoms with van der Waals surface area (Å²) in [6.45, 7) is 10.8. The monoisotopic (exact) mass is 359 g/mol. The molecule has 1 N–H and O–H groups in total. The van der Waals surface area contributed by atoms with Gasteiger partial charge in [0.05, 0.1) is 10.7 Å². The normalized spacial score (nSPS) is 11.1. The van der Waals surface area contributed by atoms with Crippen molar-refractivity contribution in [2.24, 2.45) is 0 Å². The summed E-state index contributed by atoms with van der Waals surface area (Å²) in [5.74, 6) is -0.00264. The lowest BCUT2D eigenvalue weighted by Crippen LogP contribution is -2.32. The molecule has 4 nitrogen and oxygen atoms in total. The van der Waals surface area contributed by atoms with Crippen LogP contribution in [0.4, 0.5) is 0 Å². The number of nitrogens with one attached hydrogen (secondary N) is 1. The summed E-state index contributed by atoms with van der Waals surface area (Å²) in [6, 6.07) is 6.64. The molecule has 0 spiro atoms. The summed E-state index contributed by atoms with van der Waals surface area (Å²) in [7, 11) is 2.05. The predicted molar refractivity (Wildman–Crippen MR) is 106 cm³/mol. The number of amides is 1. The van der Waals surface area contributed by atoms with Crippen molar-refractivity contribution in [1.82, 2.24) is 15.2 Å². The maximum Gasteiger partial charge on any atom is 0.263 e. The van der Waals surface area contributed by atoms with E-state index in [9.17, 15) is 4.79 Å². The van der Waals surface area contributed by atoms with Gasteiger partial charge in [0.2, 0.25) is 0 Å². The number of hydrogen-bond acceptors (Lipinski definition) is 4. The maximum absolute atomic E-state index is 12.4. The fourth-order valence-corrected chi connectivity index (χ4v) is 3.81. The van der Waals surface area contributed by atoms with Crippen LogP contribution in [0.1, 0.15) is 44.0 Å². The Labute approximate surface area is 155 Å². The molecule has 0 radical (unpaired) electrons. The summed E-state index contributed by atoms with van der Waals surface area (Å²) < 4.78 is 0. The lowest BCUT2D eigenvalue weighted by Gasteiger charge is -2.13. The molecule has 1 amide bonds. The van der Waals surface area contributed by atoms with Crippen molar-refractivity contribution in [3.8, 4) is 0 Å². The smallest absolute Gasteiger partial charge is 0.263 e. The van der Waals surface area contributed by atoms with Gasteiger partial charge in [-0.2, -0.15) is 0 Å². The second-order valence-electron chi connectivity index (χ2n) is 6.67. The first-order valence-electron chi connectivity index (χ1n) is 8.89. The number of carbonyl (C=O) groups is 1. The summed E-state index contributed by atoms with van der Waals surface area (Å²) >= 11 is 1.52. The third-order valence-electron chi connectivity index (χ3n) is 4.28. The molecule has 0 fully saturated rings. The molecule has 0 aliphatic heterocycles. The van der Waals surface area contributed by atoms with Crippen LogP contribution in [0.5, 0.6) is 0 Å². The zero-order valence-corrected chi connectivity index (χ0v) is 16.8. The van der Waals surface area contributed by atoms with E-state index in [0.29, 0.717) is 6.54 Å². The Kier molecular flexibility index (Phi) is 7.14. The van der Waals surface area contributed by atoms with Crippen LogP contribution in [-0.4, -0.2) is 42.5 Å². The van der Waals surface area contributed by atoms with Crippen LogP contribution in [0.15, 0.2) is 18.2 Å². The largest absolute Gasteiger partial charge is 0.350 e. The van der Waals surface area contributed by atoms with Crippen molar-refractivity contribution in [3.05, 3.63) is 50.5 Å². The van der Waals surface area contributed by atoms with Gasteiger partial charge in [0.25, 0.3) is 5.91 Å². The van der Waals surface area contributed by atoms with Crippen LogP contribution >= 0.6 is 11.3 Å². The molecular weight excluding hydrogens is 330 g/mol.